The number of carbonyl (C=O) groups is 1. The minimum Gasteiger partial charge on any atom is -0.489 e. The fraction of sp³-hybridized carbons (Fsp3) is 0.346. The fourth-order valence-corrected chi connectivity index (χ4v) is 4.86. The summed E-state index contributed by atoms with van der Waals surface area (Å²) in [5, 5.41) is 3.31. The van der Waals surface area contributed by atoms with Crippen LogP contribution in [0.1, 0.15) is 29.0 Å². The van der Waals surface area contributed by atoms with Crippen molar-refractivity contribution in [2.24, 2.45) is 0 Å². The van der Waals surface area contributed by atoms with Crippen LogP contribution in [0.25, 0.3) is 0 Å². The largest absolute Gasteiger partial charge is 0.489 e. The Kier molecular flexibility index (Phi) is 6.32. The molecule has 0 bridgehead atoms. The lowest BCUT2D eigenvalue weighted by Crippen LogP contribution is -2.55. The van der Waals surface area contributed by atoms with Gasteiger partial charge in [-0.25, -0.2) is 0 Å². The molecular weight excluding hydrogens is 416 g/mol. The first kappa shape index (κ1) is 21.6. The van der Waals surface area contributed by atoms with Crippen molar-refractivity contribution in [3.63, 3.8) is 0 Å². The summed E-state index contributed by atoms with van der Waals surface area (Å²) in [6, 6.07) is 16.1. The number of hydrogen-bond donors (Lipinski definition) is 1. The molecular formula is C26H28N4O3. The van der Waals surface area contributed by atoms with Crippen molar-refractivity contribution < 1.29 is 14.3 Å². The number of nitrogens with one attached hydrogen (secondary N) is 1. The van der Waals surface area contributed by atoms with Gasteiger partial charge in [-0.15, -0.1) is 0 Å². The average molecular weight is 445 g/mol. The molecule has 7 nitrogen and oxygen atoms in total. The number of ether oxygens (including phenoxy) is 2. The topological polar surface area (TPSA) is 76.6 Å². The van der Waals surface area contributed by atoms with Gasteiger partial charge < -0.3 is 14.8 Å². The first-order valence-electron chi connectivity index (χ1n) is 11.3. The summed E-state index contributed by atoms with van der Waals surface area (Å²) in [4.78, 5) is 23.4. The number of nitrogens with zero attached hydrogens (tertiary/aromatic N) is 3. The van der Waals surface area contributed by atoms with Crippen LogP contribution in [0.2, 0.25) is 0 Å². The highest BCUT2D eigenvalue weighted by Crippen LogP contribution is 2.38. The van der Waals surface area contributed by atoms with Crippen molar-refractivity contribution in [1.29, 1.82) is 0 Å². The molecule has 0 aliphatic carbocycles. The van der Waals surface area contributed by atoms with Crippen LogP contribution >= 0.6 is 0 Å². The summed E-state index contributed by atoms with van der Waals surface area (Å²) in [5.41, 5.74) is 2.79. The molecule has 7 heteroatoms. The molecule has 1 N–H and O–H groups in total. The Morgan fingerprint density at radius 1 is 1.09 bits per heavy atom. The monoisotopic (exact) mass is 444 g/mol. The van der Waals surface area contributed by atoms with Gasteiger partial charge in [0.15, 0.2) is 0 Å². The molecule has 33 heavy (non-hydrogen) atoms. The van der Waals surface area contributed by atoms with Gasteiger partial charge in [-0.1, -0.05) is 30.3 Å². The number of amides is 1. The standard InChI is InChI=1S/C26H28N4O3/c31-25-9-12-32-19-26(29-25)18-30(16-23(26)21-7-4-11-28-14-21)15-22-6-1-2-8-24(22)33-17-20-5-3-10-27-13-20/h1-8,10-11,13-14,23H,9,12,15-19H2,(H,29,31)/t23-,26-/m0/s1. The summed E-state index contributed by atoms with van der Waals surface area (Å²) >= 11 is 0. The minimum absolute atomic E-state index is 0.0449. The van der Waals surface area contributed by atoms with Crippen molar-refractivity contribution in [2.75, 3.05) is 26.3 Å². The fourth-order valence-electron chi connectivity index (χ4n) is 4.86. The van der Waals surface area contributed by atoms with Gasteiger partial charge in [-0.2, -0.15) is 0 Å². The summed E-state index contributed by atoms with van der Waals surface area (Å²) in [5.74, 6) is 1.00. The molecule has 170 valence electrons. The van der Waals surface area contributed by atoms with E-state index in [0.717, 1.165) is 35.5 Å². The summed E-state index contributed by atoms with van der Waals surface area (Å²) in [6.45, 7) is 3.64. The van der Waals surface area contributed by atoms with Crippen molar-refractivity contribution in [3.05, 3.63) is 90.0 Å². The Balaban J connectivity index is 1.37. The molecule has 1 amide bonds. The van der Waals surface area contributed by atoms with E-state index in [2.05, 4.69) is 32.3 Å². The molecule has 2 fully saturated rings. The third-order valence-corrected chi connectivity index (χ3v) is 6.41. The number of likely N-dealkylation sites (tertiary alicyclic amines) is 1. The molecule has 5 rings (SSSR count). The molecule has 0 radical (unpaired) electrons. The van der Waals surface area contributed by atoms with Crippen LogP contribution in [0.5, 0.6) is 5.75 Å². The number of aromatic nitrogens is 2. The van der Waals surface area contributed by atoms with Crippen LogP contribution in [0.15, 0.2) is 73.3 Å². The molecule has 1 spiro atoms. The predicted octanol–water partition coefficient (Wildman–Crippen LogP) is 2.93. The van der Waals surface area contributed by atoms with Crippen LogP contribution in [-0.4, -0.2) is 52.6 Å². The molecule has 0 saturated carbocycles. The van der Waals surface area contributed by atoms with Crippen molar-refractivity contribution in [1.82, 2.24) is 20.2 Å². The van der Waals surface area contributed by atoms with E-state index in [9.17, 15) is 4.79 Å². The number of carbonyl (C=O) groups excluding carboxylic acids is 1. The second-order valence-electron chi connectivity index (χ2n) is 8.77. The molecule has 4 heterocycles. The quantitative estimate of drug-likeness (QED) is 0.630. The smallest absolute Gasteiger partial charge is 0.222 e. The zero-order valence-corrected chi connectivity index (χ0v) is 18.5. The van der Waals surface area contributed by atoms with Gasteiger partial charge in [-0.05, 0) is 23.8 Å². The van der Waals surface area contributed by atoms with Gasteiger partial charge in [0.25, 0.3) is 0 Å². The van der Waals surface area contributed by atoms with Crippen molar-refractivity contribution >= 4 is 5.91 Å². The maximum Gasteiger partial charge on any atom is 0.222 e. The van der Waals surface area contributed by atoms with Crippen molar-refractivity contribution in [2.45, 2.75) is 31.0 Å². The van der Waals surface area contributed by atoms with Gasteiger partial charge in [-0.3, -0.25) is 19.7 Å². The van der Waals surface area contributed by atoms with Gasteiger partial charge in [0, 0.05) is 67.9 Å². The maximum absolute atomic E-state index is 12.5. The minimum atomic E-state index is -0.470. The van der Waals surface area contributed by atoms with Crippen LogP contribution in [0.4, 0.5) is 0 Å². The summed E-state index contributed by atoms with van der Waals surface area (Å²) in [6.07, 6.45) is 7.65. The lowest BCUT2D eigenvalue weighted by Gasteiger charge is -2.34. The van der Waals surface area contributed by atoms with Crippen LogP contribution in [0.3, 0.4) is 0 Å². The molecule has 0 unspecified atom stereocenters. The second kappa shape index (κ2) is 9.68. The SMILES string of the molecule is O=C1CCOC[C@]2(CN(Cc3ccccc3OCc3cccnc3)C[C@H]2c2cccnc2)N1. The zero-order chi connectivity index (χ0) is 22.5. The van der Waals surface area contributed by atoms with E-state index >= 15 is 0 Å². The molecule has 2 atom stereocenters. The van der Waals surface area contributed by atoms with Crippen LogP contribution < -0.4 is 10.1 Å². The van der Waals surface area contributed by atoms with Crippen LogP contribution in [-0.2, 0) is 22.7 Å². The molecule has 2 aliphatic rings. The predicted molar refractivity (Wildman–Crippen MR) is 124 cm³/mol. The molecule has 1 aromatic carbocycles. The Morgan fingerprint density at radius 2 is 1.94 bits per heavy atom. The third-order valence-electron chi connectivity index (χ3n) is 6.41. The highest BCUT2D eigenvalue weighted by atomic mass is 16.5. The highest BCUT2D eigenvalue weighted by Gasteiger charge is 2.49. The molecule has 2 aliphatic heterocycles. The normalized spacial score (nSPS) is 23.3. The molecule has 2 aromatic heterocycles. The zero-order valence-electron chi connectivity index (χ0n) is 18.5. The first-order chi connectivity index (χ1) is 16.2. The highest BCUT2D eigenvalue weighted by molar-refractivity contribution is 5.77. The van der Waals surface area contributed by atoms with Gasteiger partial charge >= 0.3 is 0 Å². The van der Waals surface area contributed by atoms with Crippen molar-refractivity contribution in [3.8, 4) is 5.75 Å². The Bertz CT molecular complexity index is 1080. The number of pyridine rings is 2. The average Bonchev–Trinajstić information content (AvgIpc) is 3.08. The molecule has 3 aromatic rings. The molecule has 2 saturated heterocycles. The van der Waals surface area contributed by atoms with E-state index in [0.29, 0.717) is 32.8 Å². The second-order valence-corrected chi connectivity index (χ2v) is 8.77. The Hall–Kier alpha value is -3.29. The van der Waals surface area contributed by atoms with Gasteiger partial charge in [0.2, 0.25) is 5.91 Å². The lowest BCUT2D eigenvalue weighted by molar-refractivity contribution is -0.122. The van der Waals surface area contributed by atoms with Crippen LogP contribution in [0, 0.1) is 0 Å². The first-order valence-corrected chi connectivity index (χ1v) is 11.3. The van der Waals surface area contributed by atoms with Gasteiger partial charge in [0.05, 0.1) is 18.8 Å². The van der Waals surface area contributed by atoms with E-state index in [4.69, 9.17) is 9.47 Å². The lowest BCUT2D eigenvalue weighted by atomic mass is 9.83. The van der Waals surface area contributed by atoms with Gasteiger partial charge in [0.1, 0.15) is 12.4 Å². The summed E-state index contributed by atoms with van der Waals surface area (Å²) < 4.78 is 12.1. The van der Waals surface area contributed by atoms with E-state index in [1.807, 2.05) is 48.8 Å². The van der Waals surface area contributed by atoms with E-state index < -0.39 is 5.54 Å². The van der Waals surface area contributed by atoms with E-state index in [1.54, 1.807) is 12.4 Å². The number of rotatable bonds is 6. The van der Waals surface area contributed by atoms with E-state index in [-0.39, 0.29) is 11.8 Å². The maximum atomic E-state index is 12.5. The third kappa shape index (κ3) is 4.89. The number of benzene rings is 1. The number of hydrogen-bond acceptors (Lipinski definition) is 6. The Morgan fingerprint density at radius 3 is 2.76 bits per heavy atom. The van der Waals surface area contributed by atoms with E-state index in [1.165, 1.54) is 0 Å². The number of para-hydroxylation sites is 1. The summed E-state index contributed by atoms with van der Waals surface area (Å²) in [7, 11) is 0. The Labute approximate surface area is 193 Å².